The first-order valence-corrected chi connectivity index (χ1v) is 9.49. The standard InChI is InChI=1S/C21H24ClFN2O2/c1-21(27,16-4-8-18(23)9-5-16)14-24-19-10-12-25(13-11-19)20(26)15-2-6-17(22)7-3-15/h2-9,19,24,27H,10-14H2,1H3. The summed E-state index contributed by atoms with van der Waals surface area (Å²) in [5.41, 5.74) is 0.237. The van der Waals surface area contributed by atoms with E-state index in [1.165, 1.54) is 12.1 Å². The molecule has 1 atom stereocenters. The van der Waals surface area contributed by atoms with Crippen LogP contribution < -0.4 is 5.32 Å². The number of piperidine rings is 1. The minimum absolute atomic E-state index is 0.0171. The number of hydrogen-bond acceptors (Lipinski definition) is 3. The van der Waals surface area contributed by atoms with Crippen LogP contribution in [0.25, 0.3) is 0 Å². The highest BCUT2D eigenvalue weighted by Gasteiger charge is 2.27. The SMILES string of the molecule is CC(O)(CNC1CCN(C(=O)c2ccc(Cl)cc2)CC1)c1ccc(F)cc1. The molecule has 0 bridgehead atoms. The zero-order valence-corrected chi connectivity index (χ0v) is 16.0. The van der Waals surface area contributed by atoms with Crippen LogP contribution in [0.15, 0.2) is 48.5 Å². The molecule has 0 spiro atoms. The molecule has 2 N–H and O–H groups in total. The molecule has 3 rings (SSSR count). The number of nitrogens with zero attached hydrogens (tertiary/aromatic N) is 1. The molecular formula is C21H24ClFN2O2. The van der Waals surface area contributed by atoms with Crippen LogP contribution in [0.4, 0.5) is 4.39 Å². The Bertz CT molecular complexity index is 770. The molecule has 0 aliphatic carbocycles. The smallest absolute Gasteiger partial charge is 0.253 e. The first kappa shape index (κ1) is 19.8. The third-order valence-corrected chi connectivity index (χ3v) is 5.33. The lowest BCUT2D eigenvalue weighted by molar-refractivity contribution is 0.0481. The van der Waals surface area contributed by atoms with Gasteiger partial charge in [-0.05, 0) is 61.7 Å². The monoisotopic (exact) mass is 390 g/mol. The van der Waals surface area contributed by atoms with Crippen molar-refractivity contribution in [3.05, 3.63) is 70.5 Å². The highest BCUT2D eigenvalue weighted by atomic mass is 35.5. The fourth-order valence-corrected chi connectivity index (χ4v) is 3.44. The number of carbonyl (C=O) groups excluding carboxylic acids is 1. The van der Waals surface area contributed by atoms with Crippen LogP contribution in [-0.2, 0) is 5.60 Å². The van der Waals surface area contributed by atoms with Gasteiger partial charge < -0.3 is 15.3 Å². The second-order valence-corrected chi connectivity index (χ2v) is 7.67. The summed E-state index contributed by atoms with van der Waals surface area (Å²) in [7, 11) is 0. The van der Waals surface area contributed by atoms with Crippen molar-refractivity contribution in [2.75, 3.05) is 19.6 Å². The maximum absolute atomic E-state index is 13.1. The summed E-state index contributed by atoms with van der Waals surface area (Å²) in [5.74, 6) is -0.302. The van der Waals surface area contributed by atoms with E-state index in [1.54, 1.807) is 43.3 Å². The number of nitrogens with one attached hydrogen (secondary N) is 1. The second kappa shape index (κ2) is 8.38. The minimum Gasteiger partial charge on any atom is -0.384 e. The van der Waals surface area contributed by atoms with Gasteiger partial charge in [-0.1, -0.05) is 23.7 Å². The first-order chi connectivity index (χ1) is 12.8. The fourth-order valence-electron chi connectivity index (χ4n) is 3.32. The number of halogens is 2. The van der Waals surface area contributed by atoms with Gasteiger partial charge in [0.2, 0.25) is 0 Å². The van der Waals surface area contributed by atoms with E-state index < -0.39 is 5.60 Å². The third-order valence-electron chi connectivity index (χ3n) is 5.07. The van der Waals surface area contributed by atoms with Gasteiger partial charge in [0.15, 0.2) is 0 Å². The van der Waals surface area contributed by atoms with Crippen molar-refractivity contribution in [1.29, 1.82) is 0 Å². The molecule has 0 saturated carbocycles. The number of carbonyl (C=O) groups is 1. The van der Waals surface area contributed by atoms with E-state index in [4.69, 9.17) is 11.6 Å². The Kier molecular flexibility index (Phi) is 6.15. The maximum Gasteiger partial charge on any atom is 0.253 e. The van der Waals surface area contributed by atoms with Gasteiger partial charge in [-0.15, -0.1) is 0 Å². The summed E-state index contributed by atoms with van der Waals surface area (Å²) >= 11 is 5.87. The van der Waals surface area contributed by atoms with E-state index in [1.807, 2.05) is 4.90 Å². The Labute approximate surface area is 164 Å². The average Bonchev–Trinajstić information content (AvgIpc) is 2.67. The number of rotatable bonds is 5. The Morgan fingerprint density at radius 1 is 1.19 bits per heavy atom. The van der Waals surface area contributed by atoms with Gasteiger partial charge in [0.05, 0.1) is 5.60 Å². The Morgan fingerprint density at radius 2 is 1.78 bits per heavy atom. The highest BCUT2D eigenvalue weighted by molar-refractivity contribution is 6.30. The summed E-state index contributed by atoms with van der Waals surface area (Å²) < 4.78 is 13.1. The molecule has 1 fully saturated rings. The van der Waals surface area contributed by atoms with Crippen LogP contribution >= 0.6 is 11.6 Å². The third kappa shape index (κ3) is 5.06. The van der Waals surface area contributed by atoms with Gasteiger partial charge in [0, 0.05) is 36.3 Å². The molecule has 1 aliphatic rings. The van der Waals surface area contributed by atoms with Crippen LogP contribution in [0.1, 0.15) is 35.7 Å². The maximum atomic E-state index is 13.1. The number of likely N-dealkylation sites (tertiary alicyclic amines) is 1. The molecule has 0 radical (unpaired) electrons. The van der Waals surface area contributed by atoms with Gasteiger partial charge >= 0.3 is 0 Å². The lowest BCUT2D eigenvalue weighted by Gasteiger charge is -2.34. The summed E-state index contributed by atoms with van der Waals surface area (Å²) in [6.45, 7) is 3.41. The molecule has 1 aliphatic heterocycles. The molecule has 1 heterocycles. The molecule has 0 aromatic heterocycles. The van der Waals surface area contributed by atoms with Crippen molar-refractivity contribution >= 4 is 17.5 Å². The predicted molar refractivity (Wildman–Crippen MR) is 104 cm³/mol. The van der Waals surface area contributed by atoms with Gasteiger partial charge in [0.1, 0.15) is 5.82 Å². The van der Waals surface area contributed by atoms with Gasteiger partial charge in [-0.25, -0.2) is 4.39 Å². The normalized spacial score (nSPS) is 17.6. The van der Waals surface area contributed by atoms with Crippen molar-refractivity contribution in [3.63, 3.8) is 0 Å². The molecule has 1 amide bonds. The quantitative estimate of drug-likeness (QED) is 0.820. The largest absolute Gasteiger partial charge is 0.384 e. The second-order valence-electron chi connectivity index (χ2n) is 7.24. The fraction of sp³-hybridized carbons (Fsp3) is 0.381. The van der Waals surface area contributed by atoms with E-state index in [-0.39, 0.29) is 17.8 Å². The van der Waals surface area contributed by atoms with Gasteiger partial charge in [0.25, 0.3) is 5.91 Å². The zero-order valence-electron chi connectivity index (χ0n) is 15.3. The summed E-state index contributed by atoms with van der Waals surface area (Å²) in [5, 5.41) is 14.7. The van der Waals surface area contributed by atoms with Crippen LogP contribution in [0.3, 0.4) is 0 Å². The Balaban J connectivity index is 1.50. The molecule has 2 aromatic carbocycles. The summed E-state index contributed by atoms with van der Waals surface area (Å²) in [6.07, 6.45) is 1.64. The van der Waals surface area contributed by atoms with Crippen LogP contribution in [0, 0.1) is 5.82 Å². The summed E-state index contributed by atoms with van der Waals surface area (Å²) in [4.78, 5) is 14.4. The van der Waals surface area contributed by atoms with E-state index in [2.05, 4.69) is 5.32 Å². The topological polar surface area (TPSA) is 52.6 Å². The average molecular weight is 391 g/mol. The van der Waals surface area contributed by atoms with Crippen LogP contribution in [0.2, 0.25) is 5.02 Å². The van der Waals surface area contributed by atoms with Crippen LogP contribution in [0.5, 0.6) is 0 Å². The van der Waals surface area contributed by atoms with Gasteiger partial charge in [-0.2, -0.15) is 0 Å². The molecule has 144 valence electrons. The molecule has 2 aromatic rings. The van der Waals surface area contributed by atoms with Crippen molar-refractivity contribution in [3.8, 4) is 0 Å². The molecule has 6 heteroatoms. The Hall–Kier alpha value is -1.95. The first-order valence-electron chi connectivity index (χ1n) is 9.12. The van der Waals surface area contributed by atoms with E-state index in [0.717, 1.165) is 12.8 Å². The van der Waals surface area contributed by atoms with E-state index in [0.29, 0.717) is 35.8 Å². The number of hydrogen-bond donors (Lipinski definition) is 2. The molecule has 1 unspecified atom stereocenters. The molecule has 4 nitrogen and oxygen atoms in total. The molecular weight excluding hydrogens is 367 g/mol. The van der Waals surface area contributed by atoms with Crippen molar-refractivity contribution in [2.45, 2.75) is 31.4 Å². The van der Waals surface area contributed by atoms with E-state index >= 15 is 0 Å². The van der Waals surface area contributed by atoms with Crippen LogP contribution in [-0.4, -0.2) is 41.6 Å². The van der Waals surface area contributed by atoms with Crippen molar-refractivity contribution in [1.82, 2.24) is 10.2 Å². The van der Waals surface area contributed by atoms with Crippen molar-refractivity contribution in [2.24, 2.45) is 0 Å². The Morgan fingerprint density at radius 3 is 2.37 bits per heavy atom. The lowest BCUT2D eigenvalue weighted by atomic mass is 9.94. The summed E-state index contributed by atoms with van der Waals surface area (Å²) in [6, 6.07) is 13.1. The number of benzene rings is 2. The van der Waals surface area contributed by atoms with Crippen molar-refractivity contribution < 1.29 is 14.3 Å². The number of aliphatic hydroxyl groups is 1. The van der Waals surface area contributed by atoms with E-state index in [9.17, 15) is 14.3 Å². The highest BCUT2D eigenvalue weighted by Crippen LogP contribution is 2.21. The van der Waals surface area contributed by atoms with Gasteiger partial charge in [-0.3, -0.25) is 4.79 Å². The predicted octanol–water partition coefficient (Wildman–Crippen LogP) is 3.58. The minimum atomic E-state index is -1.08. The zero-order chi connectivity index (χ0) is 19.4. The number of amides is 1. The molecule has 1 saturated heterocycles. The molecule has 27 heavy (non-hydrogen) atoms. The lowest BCUT2D eigenvalue weighted by Crippen LogP contribution is -2.48.